The molecule has 3 aromatic rings. The molecular formula is C22H22FNO3. The fourth-order valence-electron chi connectivity index (χ4n) is 3.68. The number of allylic oxidation sites excluding steroid dienone is 1. The average Bonchev–Trinajstić information content (AvgIpc) is 3.05. The van der Waals surface area contributed by atoms with Crippen molar-refractivity contribution in [3.8, 4) is 17.2 Å². The van der Waals surface area contributed by atoms with Crippen molar-refractivity contribution in [2.75, 3.05) is 21.3 Å². The summed E-state index contributed by atoms with van der Waals surface area (Å²) in [5.41, 5.74) is 5.39. The molecule has 1 aromatic heterocycles. The van der Waals surface area contributed by atoms with Gasteiger partial charge in [-0.1, -0.05) is 5.57 Å². The average molecular weight is 367 g/mol. The summed E-state index contributed by atoms with van der Waals surface area (Å²) in [6, 6.07) is 8.80. The summed E-state index contributed by atoms with van der Waals surface area (Å²) in [7, 11) is 4.83. The van der Waals surface area contributed by atoms with Crippen molar-refractivity contribution >= 4 is 16.5 Å². The van der Waals surface area contributed by atoms with Crippen LogP contribution in [0, 0.1) is 5.82 Å². The summed E-state index contributed by atoms with van der Waals surface area (Å²) in [5.74, 6) is 1.56. The predicted molar refractivity (Wildman–Crippen MR) is 104 cm³/mol. The molecule has 0 saturated heterocycles. The summed E-state index contributed by atoms with van der Waals surface area (Å²) in [5, 5.41) is 1.000. The second kappa shape index (κ2) is 6.99. The molecule has 1 saturated carbocycles. The number of aromatic nitrogens is 1. The number of H-pyrrole nitrogens is 1. The molecule has 2 aromatic carbocycles. The van der Waals surface area contributed by atoms with E-state index in [1.165, 1.54) is 24.1 Å². The Balaban J connectivity index is 1.95. The Kier molecular flexibility index (Phi) is 4.52. The SMILES string of the molecule is COc1cc(C(=C2CCC2)c2c[nH]c3cc(F)ccc23)cc(OC)c1OC. The predicted octanol–water partition coefficient (Wildman–Crippen LogP) is 5.32. The van der Waals surface area contributed by atoms with Gasteiger partial charge in [-0.15, -0.1) is 0 Å². The lowest BCUT2D eigenvalue weighted by Gasteiger charge is -2.24. The van der Waals surface area contributed by atoms with Crippen molar-refractivity contribution in [3.63, 3.8) is 0 Å². The minimum absolute atomic E-state index is 0.249. The third kappa shape index (κ3) is 2.93. The number of hydrogen-bond acceptors (Lipinski definition) is 3. The van der Waals surface area contributed by atoms with Crippen LogP contribution in [-0.2, 0) is 0 Å². The summed E-state index contributed by atoms with van der Waals surface area (Å²) < 4.78 is 30.1. The molecule has 0 aliphatic heterocycles. The van der Waals surface area contributed by atoms with Gasteiger partial charge in [-0.05, 0) is 60.7 Å². The van der Waals surface area contributed by atoms with E-state index in [-0.39, 0.29) is 5.82 Å². The molecule has 0 amide bonds. The third-order valence-corrected chi connectivity index (χ3v) is 5.18. The fourth-order valence-corrected chi connectivity index (χ4v) is 3.68. The maximum atomic E-state index is 13.6. The van der Waals surface area contributed by atoms with Gasteiger partial charge in [0.05, 0.1) is 21.3 Å². The highest BCUT2D eigenvalue weighted by Gasteiger charge is 2.23. The molecule has 0 atom stereocenters. The summed E-state index contributed by atoms with van der Waals surface area (Å²) in [6.45, 7) is 0. The Morgan fingerprint density at radius 2 is 1.67 bits per heavy atom. The van der Waals surface area contributed by atoms with Crippen LogP contribution < -0.4 is 14.2 Å². The molecule has 1 aliphatic rings. The fraction of sp³-hybridized carbons (Fsp3) is 0.273. The number of rotatable bonds is 5. The van der Waals surface area contributed by atoms with Crippen molar-refractivity contribution in [1.82, 2.24) is 4.98 Å². The van der Waals surface area contributed by atoms with Gasteiger partial charge in [-0.3, -0.25) is 0 Å². The highest BCUT2D eigenvalue weighted by atomic mass is 19.1. The quantitative estimate of drug-likeness (QED) is 0.664. The van der Waals surface area contributed by atoms with Gasteiger partial charge in [0.25, 0.3) is 0 Å². The number of fused-ring (bicyclic) bond motifs is 1. The van der Waals surface area contributed by atoms with E-state index in [1.54, 1.807) is 21.3 Å². The number of methoxy groups -OCH3 is 3. The first-order valence-electron chi connectivity index (χ1n) is 8.95. The first-order chi connectivity index (χ1) is 13.2. The van der Waals surface area contributed by atoms with Crippen molar-refractivity contribution in [2.45, 2.75) is 19.3 Å². The Hall–Kier alpha value is -2.95. The first-order valence-corrected chi connectivity index (χ1v) is 8.95. The van der Waals surface area contributed by atoms with Crippen LogP contribution >= 0.6 is 0 Å². The number of ether oxygens (including phenoxy) is 3. The van der Waals surface area contributed by atoms with Crippen LogP contribution in [-0.4, -0.2) is 26.3 Å². The zero-order chi connectivity index (χ0) is 19.0. The summed E-state index contributed by atoms with van der Waals surface area (Å²) in [6.07, 6.45) is 5.24. The maximum absolute atomic E-state index is 13.6. The number of aromatic amines is 1. The first kappa shape index (κ1) is 17.5. The Morgan fingerprint density at radius 1 is 0.963 bits per heavy atom. The van der Waals surface area contributed by atoms with Crippen LogP contribution in [0.2, 0.25) is 0 Å². The molecular weight excluding hydrogens is 345 g/mol. The second-order valence-corrected chi connectivity index (χ2v) is 6.64. The van der Waals surface area contributed by atoms with E-state index < -0.39 is 0 Å². The molecule has 1 heterocycles. The van der Waals surface area contributed by atoms with E-state index in [9.17, 15) is 4.39 Å². The topological polar surface area (TPSA) is 43.5 Å². The van der Waals surface area contributed by atoms with E-state index in [0.717, 1.165) is 40.4 Å². The molecule has 0 radical (unpaired) electrons. The van der Waals surface area contributed by atoms with Crippen LogP contribution in [0.5, 0.6) is 17.2 Å². The third-order valence-electron chi connectivity index (χ3n) is 5.18. The zero-order valence-corrected chi connectivity index (χ0v) is 15.7. The van der Waals surface area contributed by atoms with Crippen LogP contribution in [0.1, 0.15) is 30.4 Å². The normalized spacial score (nSPS) is 13.4. The molecule has 1 N–H and O–H groups in total. The van der Waals surface area contributed by atoms with Gasteiger partial charge in [0.2, 0.25) is 5.75 Å². The van der Waals surface area contributed by atoms with Crippen LogP contribution in [0.15, 0.2) is 42.1 Å². The highest BCUT2D eigenvalue weighted by molar-refractivity contribution is 5.98. The molecule has 4 rings (SSSR count). The van der Waals surface area contributed by atoms with Crippen molar-refractivity contribution in [1.29, 1.82) is 0 Å². The molecule has 27 heavy (non-hydrogen) atoms. The van der Waals surface area contributed by atoms with Gasteiger partial charge in [0, 0.05) is 22.7 Å². The van der Waals surface area contributed by atoms with E-state index in [1.807, 2.05) is 24.4 Å². The van der Waals surface area contributed by atoms with Gasteiger partial charge >= 0.3 is 0 Å². The van der Waals surface area contributed by atoms with Gasteiger partial charge in [-0.25, -0.2) is 4.39 Å². The van der Waals surface area contributed by atoms with Crippen molar-refractivity contribution in [3.05, 3.63) is 59.0 Å². The highest BCUT2D eigenvalue weighted by Crippen LogP contribution is 2.45. The second-order valence-electron chi connectivity index (χ2n) is 6.64. The minimum Gasteiger partial charge on any atom is -0.493 e. The van der Waals surface area contributed by atoms with Crippen molar-refractivity contribution < 1.29 is 18.6 Å². The largest absolute Gasteiger partial charge is 0.493 e. The Labute approximate surface area is 157 Å². The van der Waals surface area contributed by atoms with Crippen LogP contribution in [0.25, 0.3) is 16.5 Å². The van der Waals surface area contributed by atoms with Gasteiger partial charge in [-0.2, -0.15) is 0 Å². The van der Waals surface area contributed by atoms with Crippen LogP contribution in [0.4, 0.5) is 4.39 Å². The lowest BCUT2D eigenvalue weighted by atomic mass is 9.82. The Morgan fingerprint density at radius 3 is 2.22 bits per heavy atom. The lowest BCUT2D eigenvalue weighted by molar-refractivity contribution is 0.324. The number of benzene rings is 2. The molecule has 5 heteroatoms. The van der Waals surface area contributed by atoms with Crippen LogP contribution in [0.3, 0.4) is 0 Å². The number of halogens is 1. The van der Waals surface area contributed by atoms with Gasteiger partial charge < -0.3 is 19.2 Å². The maximum Gasteiger partial charge on any atom is 0.203 e. The van der Waals surface area contributed by atoms with Crippen molar-refractivity contribution in [2.24, 2.45) is 0 Å². The number of nitrogens with one attached hydrogen (secondary N) is 1. The van der Waals surface area contributed by atoms with E-state index in [2.05, 4.69) is 4.98 Å². The molecule has 1 aliphatic carbocycles. The van der Waals surface area contributed by atoms with E-state index in [0.29, 0.717) is 17.2 Å². The molecule has 0 spiro atoms. The minimum atomic E-state index is -0.249. The molecule has 4 nitrogen and oxygen atoms in total. The standard InChI is InChI=1S/C22H22FNO3/c1-25-19-9-14(10-20(26-2)22(19)27-3)21(13-5-4-6-13)17-12-24-18-11-15(23)7-8-16(17)18/h7-12,24H,4-6H2,1-3H3. The monoisotopic (exact) mass is 367 g/mol. The summed E-state index contributed by atoms with van der Waals surface area (Å²) >= 11 is 0. The van der Waals surface area contributed by atoms with E-state index >= 15 is 0 Å². The molecule has 0 bridgehead atoms. The Bertz CT molecular complexity index is 1000. The molecule has 0 unspecified atom stereocenters. The smallest absolute Gasteiger partial charge is 0.203 e. The van der Waals surface area contributed by atoms with Gasteiger partial charge in [0.1, 0.15) is 5.82 Å². The number of hydrogen-bond donors (Lipinski definition) is 1. The molecule has 1 fully saturated rings. The zero-order valence-electron chi connectivity index (χ0n) is 15.7. The van der Waals surface area contributed by atoms with Gasteiger partial charge in [0.15, 0.2) is 11.5 Å². The van der Waals surface area contributed by atoms with E-state index in [4.69, 9.17) is 14.2 Å². The lowest BCUT2D eigenvalue weighted by Crippen LogP contribution is -2.04. The molecule has 140 valence electrons. The summed E-state index contributed by atoms with van der Waals surface area (Å²) in [4.78, 5) is 3.20.